The first-order chi connectivity index (χ1) is 13.9. The van der Waals surface area contributed by atoms with Crippen molar-refractivity contribution in [2.24, 2.45) is 0 Å². The Morgan fingerprint density at radius 1 is 1.07 bits per heavy atom. The fourth-order valence-corrected chi connectivity index (χ4v) is 3.84. The normalized spacial score (nSPS) is 14.6. The first kappa shape index (κ1) is 21.2. The number of aryl methyl sites for hydroxylation is 2. The van der Waals surface area contributed by atoms with Crippen LogP contribution in [0.15, 0.2) is 41.3 Å². The summed E-state index contributed by atoms with van der Waals surface area (Å²) in [4.78, 5) is 27.5. The van der Waals surface area contributed by atoms with Gasteiger partial charge in [-0.25, -0.2) is 0 Å². The number of thiol groups is 1. The number of nitrogens with one attached hydrogen (secondary N) is 1. The summed E-state index contributed by atoms with van der Waals surface area (Å²) in [6, 6.07) is 11.4. The lowest BCUT2D eigenvalue weighted by atomic mass is 10.0. The zero-order chi connectivity index (χ0) is 21.0. The van der Waals surface area contributed by atoms with Crippen molar-refractivity contribution in [3.8, 4) is 5.75 Å². The number of amides is 2. The second-order valence-electron chi connectivity index (χ2n) is 7.59. The first-order valence-corrected chi connectivity index (χ1v) is 10.4. The second-order valence-corrected chi connectivity index (χ2v) is 8.07. The van der Waals surface area contributed by atoms with Gasteiger partial charge in [0, 0.05) is 24.0 Å². The fourth-order valence-electron chi connectivity index (χ4n) is 3.57. The Kier molecular flexibility index (Phi) is 6.85. The molecule has 2 aromatic carbocycles. The average Bonchev–Trinajstić information content (AvgIpc) is 2.71. The molecule has 1 aliphatic rings. The van der Waals surface area contributed by atoms with E-state index in [1.807, 2.05) is 43.9 Å². The van der Waals surface area contributed by atoms with Crippen LogP contribution >= 0.6 is 12.6 Å². The lowest BCUT2D eigenvalue weighted by Gasteiger charge is -2.32. The lowest BCUT2D eigenvalue weighted by molar-refractivity contribution is -0.134. The van der Waals surface area contributed by atoms with Crippen LogP contribution in [0.5, 0.6) is 5.75 Å². The zero-order valence-corrected chi connectivity index (χ0v) is 18.1. The van der Waals surface area contributed by atoms with Gasteiger partial charge in [0.1, 0.15) is 5.75 Å². The highest BCUT2D eigenvalue weighted by Crippen LogP contribution is 2.26. The van der Waals surface area contributed by atoms with Gasteiger partial charge < -0.3 is 15.0 Å². The number of rotatable bonds is 5. The minimum atomic E-state index is -0.117. The number of carbonyl (C=O) groups is 2. The molecule has 0 bridgehead atoms. The maximum Gasteiger partial charge on any atom is 0.260 e. The summed E-state index contributed by atoms with van der Waals surface area (Å²) < 4.78 is 5.86. The molecule has 154 valence electrons. The molecule has 1 heterocycles. The van der Waals surface area contributed by atoms with E-state index in [-0.39, 0.29) is 24.5 Å². The molecule has 2 amide bonds. The monoisotopic (exact) mass is 412 g/mol. The van der Waals surface area contributed by atoms with Crippen LogP contribution in [0.1, 0.15) is 39.9 Å². The quantitative estimate of drug-likeness (QED) is 0.737. The van der Waals surface area contributed by atoms with E-state index in [1.165, 1.54) is 0 Å². The predicted molar refractivity (Wildman–Crippen MR) is 117 cm³/mol. The van der Waals surface area contributed by atoms with Crippen LogP contribution in [0.25, 0.3) is 0 Å². The van der Waals surface area contributed by atoms with Gasteiger partial charge >= 0.3 is 0 Å². The van der Waals surface area contributed by atoms with Gasteiger partial charge in [0.2, 0.25) is 0 Å². The van der Waals surface area contributed by atoms with E-state index < -0.39 is 0 Å². The van der Waals surface area contributed by atoms with Gasteiger partial charge in [0.15, 0.2) is 6.61 Å². The summed E-state index contributed by atoms with van der Waals surface area (Å²) in [6.45, 7) is 7.30. The molecule has 3 rings (SSSR count). The minimum Gasteiger partial charge on any atom is -0.483 e. The summed E-state index contributed by atoms with van der Waals surface area (Å²) in [5, 5.41) is 3.06. The van der Waals surface area contributed by atoms with Gasteiger partial charge in [-0.3, -0.25) is 9.59 Å². The Morgan fingerprint density at radius 3 is 2.41 bits per heavy atom. The molecule has 2 aromatic rings. The molecule has 6 heteroatoms. The summed E-state index contributed by atoms with van der Waals surface area (Å²) in [5.41, 5.74) is 3.83. The maximum atomic E-state index is 12.6. The van der Waals surface area contributed by atoms with Gasteiger partial charge in [-0.05, 0) is 62.4 Å². The molecule has 1 saturated heterocycles. The van der Waals surface area contributed by atoms with Crippen LogP contribution in [0.4, 0.5) is 0 Å². The van der Waals surface area contributed by atoms with Crippen LogP contribution in [0.3, 0.4) is 0 Å². The van der Waals surface area contributed by atoms with E-state index in [0.29, 0.717) is 23.5 Å². The number of hydrogen-bond donors (Lipinski definition) is 2. The highest BCUT2D eigenvalue weighted by molar-refractivity contribution is 7.80. The van der Waals surface area contributed by atoms with E-state index >= 15 is 0 Å². The van der Waals surface area contributed by atoms with Crippen LogP contribution in [-0.4, -0.2) is 42.5 Å². The number of hydrogen-bond acceptors (Lipinski definition) is 4. The summed E-state index contributed by atoms with van der Waals surface area (Å²) >= 11 is 4.34. The summed E-state index contributed by atoms with van der Waals surface area (Å²) in [5.74, 6) is 0.663. The standard InChI is InChI=1S/C23H28N2O3S/c1-15-8-9-16(2)22(17(15)3)28-14-21(26)25-12-10-18(11-13-25)24-23(27)19-6-4-5-7-20(19)29/h4-9,18,29H,10-14H2,1-3H3,(H,24,27). The van der Waals surface area contributed by atoms with Crippen molar-refractivity contribution < 1.29 is 14.3 Å². The number of carbonyl (C=O) groups excluding carboxylic acids is 2. The van der Waals surface area contributed by atoms with Crippen molar-refractivity contribution in [3.05, 3.63) is 58.7 Å². The van der Waals surface area contributed by atoms with Crippen LogP contribution in [0, 0.1) is 20.8 Å². The molecule has 29 heavy (non-hydrogen) atoms. The van der Waals surface area contributed by atoms with Gasteiger partial charge in [-0.1, -0.05) is 24.3 Å². The number of piperidine rings is 1. The Morgan fingerprint density at radius 2 is 1.72 bits per heavy atom. The van der Waals surface area contributed by atoms with Crippen molar-refractivity contribution in [1.29, 1.82) is 0 Å². The minimum absolute atomic E-state index is 0.0178. The molecular weight excluding hydrogens is 384 g/mol. The molecule has 1 aliphatic heterocycles. The summed E-state index contributed by atoms with van der Waals surface area (Å²) in [6.07, 6.45) is 1.46. The van der Waals surface area contributed by atoms with E-state index in [9.17, 15) is 9.59 Å². The van der Waals surface area contributed by atoms with Crippen molar-refractivity contribution in [2.45, 2.75) is 44.6 Å². The number of ether oxygens (including phenoxy) is 1. The van der Waals surface area contributed by atoms with Gasteiger partial charge in [0.05, 0.1) is 5.56 Å². The number of nitrogens with zero attached hydrogens (tertiary/aromatic N) is 1. The third-order valence-electron chi connectivity index (χ3n) is 5.55. The Labute approximate surface area is 177 Å². The van der Waals surface area contributed by atoms with Crippen molar-refractivity contribution >= 4 is 24.4 Å². The van der Waals surface area contributed by atoms with E-state index in [0.717, 1.165) is 35.3 Å². The SMILES string of the molecule is Cc1ccc(C)c(OCC(=O)N2CCC(NC(=O)c3ccccc3S)CC2)c1C. The van der Waals surface area contributed by atoms with Crippen molar-refractivity contribution in [3.63, 3.8) is 0 Å². The van der Waals surface area contributed by atoms with Crippen LogP contribution in [-0.2, 0) is 4.79 Å². The second kappa shape index (κ2) is 9.35. The van der Waals surface area contributed by atoms with Crippen molar-refractivity contribution in [1.82, 2.24) is 10.2 Å². The molecule has 1 N–H and O–H groups in total. The molecule has 0 atom stereocenters. The van der Waals surface area contributed by atoms with Crippen LogP contribution in [0.2, 0.25) is 0 Å². The molecule has 1 fully saturated rings. The molecular formula is C23H28N2O3S. The maximum absolute atomic E-state index is 12.6. The lowest BCUT2D eigenvalue weighted by Crippen LogP contribution is -2.47. The molecule has 0 saturated carbocycles. The zero-order valence-electron chi connectivity index (χ0n) is 17.2. The van der Waals surface area contributed by atoms with E-state index in [2.05, 4.69) is 24.0 Å². The molecule has 0 aliphatic carbocycles. The van der Waals surface area contributed by atoms with Gasteiger partial charge in [-0.2, -0.15) is 0 Å². The summed E-state index contributed by atoms with van der Waals surface area (Å²) in [7, 11) is 0. The molecule has 0 unspecified atom stereocenters. The van der Waals surface area contributed by atoms with Gasteiger partial charge in [-0.15, -0.1) is 12.6 Å². The number of benzene rings is 2. The largest absolute Gasteiger partial charge is 0.483 e. The predicted octanol–water partition coefficient (Wildman–Crippen LogP) is 3.70. The smallest absolute Gasteiger partial charge is 0.260 e. The van der Waals surface area contributed by atoms with Crippen molar-refractivity contribution in [2.75, 3.05) is 19.7 Å². The Balaban J connectivity index is 1.49. The first-order valence-electron chi connectivity index (χ1n) is 9.93. The van der Waals surface area contributed by atoms with Gasteiger partial charge in [0.25, 0.3) is 11.8 Å². The van der Waals surface area contributed by atoms with Crippen LogP contribution < -0.4 is 10.1 Å². The van der Waals surface area contributed by atoms with E-state index in [4.69, 9.17) is 4.74 Å². The molecule has 5 nitrogen and oxygen atoms in total. The fraction of sp³-hybridized carbons (Fsp3) is 0.391. The molecule has 0 aromatic heterocycles. The topological polar surface area (TPSA) is 58.6 Å². The third kappa shape index (κ3) is 5.12. The number of likely N-dealkylation sites (tertiary alicyclic amines) is 1. The average molecular weight is 413 g/mol. The Bertz CT molecular complexity index is 905. The third-order valence-corrected chi connectivity index (χ3v) is 5.94. The Hall–Kier alpha value is -2.47. The highest BCUT2D eigenvalue weighted by Gasteiger charge is 2.25. The molecule has 0 radical (unpaired) electrons. The van der Waals surface area contributed by atoms with E-state index in [1.54, 1.807) is 12.1 Å². The highest BCUT2D eigenvalue weighted by atomic mass is 32.1. The molecule has 0 spiro atoms.